The van der Waals surface area contributed by atoms with Crippen molar-refractivity contribution >= 4 is 28.4 Å². The predicted octanol–water partition coefficient (Wildman–Crippen LogP) is 5.81. The minimum Gasteiger partial charge on any atom is -0.467 e. The second kappa shape index (κ2) is 13.2. The quantitative estimate of drug-likeness (QED) is 0.207. The van der Waals surface area contributed by atoms with E-state index in [0.29, 0.717) is 30.8 Å². The molecule has 0 spiro atoms. The Balaban J connectivity index is 1.36. The Morgan fingerprint density at radius 1 is 0.810 bits per heavy atom. The molecule has 5 aromatic rings. The molecule has 5 rings (SSSR count). The minimum absolute atomic E-state index is 0.0512. The van der Waals surface area contributed by atoms with Crippen LogP contribution in [0.25, 0.3) is 10.9 Å². The van der Waals surface area contributed by atoms with Crippen molar-refractivity contribution in [2.24, 2.45) is 0 Å². The molecular weight excluding hydrogens is 531 g/mol. The first kappa shape index (κ1) is 28.7. The van der Waals surface area contributed by atoms with Crippen molar-refractivity contribution in [3.05, 3.63) is 126 Å². The third-order valence-corrected chi connectivity index (χ3v) is 7.38. The highest BCUT2D eigenvalue weighted by Gasteiger charge is 2.23. The molecule has 42 heavy (non-hydrogen) atoms. The summed E-state index contributed by atoms with van der Waals surface area (Å²) in [5.41, 5.74) is 4.94. The zero-order valence-electron chi connectivity index (χ0n) is 23.9. The average Bonchev–Trinajstić information content (AvgIpc) is 3.66. The van der Waals surface area contributed by atoms with Gasteiger partial charge in [0.15, 0.2) is 0 Å². The summed E-state index contributed by atoms with van der Waals surface area (Å²) in [6.45, 7) is 0.948. The van der Waals surface area contributed by atoms with Crippen molar-refractivity contribution in [3.63, 3.8) is 0 Å². The van der Waals surface area contributed by atoms with Crippen molar-refractivity contribution < 1.29 is 18.4 Å². The van der Waals surface area contributed by atoms with Crippen LogP contribution in [0.4, 0.5) is 10.1 Å². The van der Waals surface area contributed by atoms with Crippen LogP contribution < -0.4 is 4.90 Å². The number of benzene rings is 3. The fraction of sp³-hybridized carbons (Fsp3) is 0.235. The lowest BCUT2D eigenvalue weighted by molar-refractivity contribution is -0.141. The van der Waals surface area contributed by atoms with Gasteiger partial charge in [-0.25, -0.2) is 4.39 Å². The molecule has 0 saturated heterocycles. The molecule has 3 aromatic carbocycles. The normalized spacial score (nSPS) is 11.0. The summed E-state index contributed by atoms with van der Waals surface area (Å²) in [6, 6.07) is 25.6. The van der Waals surface area contributed by atoms with Gasteiger partial charge < -0.3 is 24.1 Å². The van der Waals surface area contributed by atoms with Crippen molar-refractivity contribution in [1.82, 2.24) is 14.8 Å². The SMILES string of the molecule is CN(C)c1ccc(CN(CCc2c[nH]c3ccccc23)C(=O)CN(Cc2ccco2)C(=O)Cc2ccc(F)cc2)cc1. The second-order valence-electron chi connectivity index (χ2n) is 10.6. The fourth-order valence-electron chi connectivity index (χ4n) is 4.98. The molecule has 216 valence electrons. The standard InChI is InChI=1S/C34H35FN4O3/c1-37(2)29-15-11-26(12-16-29)22-38(18-17-27-21-36-32-8-4-3-7-31(27)32)34(41)24-39(23-30-6-5-19-42-30)33(40)20-25-9-13-28(35)14-10-25/h3-16,19,21,36H,17-18,20,22-24H2,1-2H3. The average molecular weight is 567 g/mol. The first-order chi connectivity index (χ1) is 20.4. The number of amides is 2. The number of nitrogens with zero attached hydrogens (tertiary/aromatic N) is 3. The van der Waals surface area contributed by atoms with E-state index < -0.39 is 0 Å². The molecule has 0 unspecified atom stereocenters. The molecule has 0 atom stereocenters. The molecule has 2 aromatic heterocycles. The summed E-state index contributed by atoms with van der Waals surface area (Å²) in [5, 5.41) is 1.13. The number of aromatic amines is 1. The van der Waals surface area contributed by atoms with Crippen LogP contribution in [0.3, 0.4) is 0 Å². The van der Waals surface area contributed by atoms with Gasteiger partial charge in [0.2, 0.25) is 11.8 Å². The highest BCUT2D eigenvalue weighted by molar-refractivity contribution is 5.86. The van der Waals surface area contributed by atoms with Crippen LogP contribution in [-0.2, 0) is 35.5 Å². The van der Waals surface area contributed by atoms with Crippen LogP contribution in [0, 0.1) is 5.82 Å². The van der Waals surface area contributed by atoms with Gasteiger partial charge in [-0.05, 0) is 65.6 Å². The molecule has 0 saturated carbocycles. The lowest BCUT2D eigenvalue weighted by atomic mass is 10.1. The molecular formula is C34H35FN4O3. The largest absolute Gasteiger partial charge is 0.467 e. The Hall–Kier alpha value is -4.85. The zero-order valence-corrected chi connectivity index (χ0v) is 23.9. The summed E-state index contributed by atoms with van der Waals surface area (Å²) in [6.07, 6.45) is 4.25. The molecule has 1 N–H and O–H groups in total. The van der Waals surface area contributed by atoms with Gasteiger partial charge in [-0.1, -0.05) is 42.5 Å². The number of rotatable bonds is 12. The number of aromatic nitrogens is 1. The molecule has 2 amide bonds. The number of fused-ring (bicyclic) bond motifs is 1. The van der Waals surface area contributed by atoms with Crippen molar-refractivity contribution in [1.29, 1.82) is 0 Å². The van der Waals surface area contributed by atoms with E-state index in [0.717, 1.165) is 27.7 Å². The number of H-pyrrole nitrogens is 1. The van der Waals surface area contributed by atoms with E-state index in [2.05, 4.69) is 11.1 Å². The monoisotopic (exact) mass is 566 g/mol. The van der Waals surface area contributed by atoms with Gasteiger partial charge in [0, 0.05) is 50.0 Å². The Labute approximate surface area is 245 Å². The highest BCUT2D eigenvalue weighted by Crippen LogP contribution is 2.20. The topological polar surface area (TPSA) is 72.8 Å². The second-order valence-corrected chi connectivity index (χ2v) is 10.6. The van der Waals surface area contributed by atoms with Crippen LogP contribution >= 0.6 is 0 Å². The molecule has 0 radical (unpaired) electrons. The summed E-state index contributed by atoms with van der Waals surface area (Å²) >= 11 is 0. The van der Waals surface area contributed by atoms with Gasteiger partial charge in [0.05, 0.1) is 19.2 Å². The van der Waals surface area contributed by atoms with Gasteiger partial charge in [0.25, 0.3) is 0 Å². The first-order valence-electron chi connectivity index (χ1n) is 14.0. The Morgan fingerprint density at radius 3 is 2.26 bits per heavy atom. The number of hydrogen-bond acceptors (Lipinski definition) is 4. The third-order valence-electron chi connectivity index (χ3n) is 7.38. The molecule has 8 heteroatoms. The van der Waals surface area contributed by atoms with Crippen LogP contribution in [0.15, 0.2) is 102 Å². The van der Waals surface area contributed by atoms with Crippen LogP contribution in [0.2, 0.25) is 0 Å². The molecule has 0 aliphatic heterocycles. The molecule has 7 nitrogen and oxygen atoms in total. The number of para-hydroxylation sites is 1. The van der Waals surface area contributed by atoms with Gasteiger partial charge in [-0.2, -0.15) is 0 Å². The maximum absolute atomic E-state index is 13.9. The summed E-state index contributed by atoms with van der Waals surface area (Å²) in [4.78, 5) is 36.0. The van der Waals surface area contributed by atoms with Crippen LogP contribution in [0.1, 0.15) is 22.5 Å². The predicted molar refractivity (Wildman–Crippen MR) is 162 cm³/mol. The fourth-order valence-corrected chi connectivity index (χ4v) is 4.98. The Kier molecular flexibility index (Phi) is 9.02. The Bertz CT molecular complexity index is 1610. The van der Waals surface area contributed by atoms with Gasteiger partial charge in [-0.15, -0.1) is 0 Å². The van der Waals surface area contributed by atoms with Gasteiger partial charge in [0.1, 0.15) is 18.1 Å². The maximum atomic E-state index is 13.9. The lowest BCUT2D eigenvalue weighted by Gasteiger charge is -2.28. The summed E-state index contributed by atoms with van der Waals surface area (Å²) in [7, 11) is 3.98. The highest BCUT2D eigenvalue weighted by atomic mass is 19.1. The molecule has 0 bridgehead atoms. The van der Waals surface area contributed by atoms with E-state index in [1.807, 2.05) is 72.6 Å². The number of furan rings is 1. The first-order valence-corrected chi connectivity index (χ1v) is 14.0. The molecule has 0 aliphatic rings. The molecule has 0 aliphatic carbocycles. The minimum atomic E-state index is -0.363. The van der Waals surface area contributed by atoms with Crippen molar-refractivity contribution in [2.45, 2.75) is 25.9 Å². The van der Waals surface area contributed by atoms with E-state index >= 15 is 0 Å². The van der Waals surface area contributed by atoms with Gasteiger partial charge in [-0.3, -0.25) is 9.59 Å². The van der Waals surface area contributed by atoms with Crippen molar-refractivity contribution in [3.8, 4) is 0 Å². The number of hydrogen-bond donors (Lipinski definition) is 1. The summed E-state index contributed by atoms with van der Waals surface area (Å²) < 4.78 is 18.9. The number of nitrogens with one attached hydrogen (secondary N) is 1. The molecule has 2 heterocycles. The summed E-state index contributed by atoms with van der Waals surface area (Å²) in [5.74, 6) is -0.179. The van der Waals surface area contributed by atoms with Crippen LogP contribution in [-0.4, -0.2) is 53.8 Å². The van der Waals surface area contributed by atoms with E-state index in [9.17, 15) is 14.0 Å². The van der Waals surface area contributed by atoms with Crippen LogP contribution in [0.5, 0.6) is 0 Å². The smallest absolute Gasteiger partial charge is 0.242 e. The lowest BCUT2D eigenvalue weighted by Crippen LogP contribution is -2.43. The van der Waals surface area contributed by atoms with E-state index in [1.54, 1.807) is 30.5 Å². The van der Waals surface area contributed by atoms with E-state index in [4.69, 9.17) is 4.42 Å². The number of carbonyl (C=O) groups excluding carboxylic acids is 2. The van der Waals surface area contributed by atoms with E-state index in [-0.39, 0.29) is 37.1 Å². The number of halogens is 1. The van der Waals surface area contributed by atoms with E-state index in [1.165, 1.54) is 17.0 Å². The van der Waals surface area contributed by atoms with Crippen molar-refractivity contribution in [2.75, 3.05) is 32.1 Å². The maximum Gasteiger partial charge on any atom is 0.242 e. The zero-order chi connectivity index (χ0) is 29.5. The number of anilines is 1. The third kappa shape index (κ3) is 7.26. The molecule has 0 fully saturated rings. The van der Waals surface area contributed by atoms with Gasteiger partial charge >= 0.3 is 0 Å². The number of carbonyl (C=O) groups is 2. The Morgan fingerprint density at radius 2 is 1.55 bits per heavy atom.